The molecule has 0 aliphatic carbocycles. The molecule has 0 aliphatic rings. The number of pyridine rings is 1. The second-order valence-corrected chi connectivity index (χ2v) is 5.53. The fourth-order valence-electron chi connectivity index (χ4n) is 1.98. The van der Waals surface area contributed by atoms with Crippen molar-refractivity contribution < 1.29 is 50.6 Å². The van der Waals surface area contributed by atoms with Crippen molar-refractivity contribution in [3.63, 3.8) is 0 Å². The summed E-state index contributed by atoms with van der Waals surface area (Å²) in [5.74, 6) is -0.331. The Morgan fingerprint density at radius 2 is 2.09 bits per heavy atom. The van der Waals surface area contributed by atoms with Gasteiger partial charge in [-0.3, -0.25) is 4.79 Å². The first-order valence-electron chi connectivity index (χ1n) is 6.46. The third-order valence-corrected chi connectivity index (χ3v) is 3.66. The smallest absolute Gasteiger partial charge is 0.256 e. The monoisotopic (exact) mass is 511 g/mol. The third kappa shape index (κ3) is 5.03. The first-order chi connectivity index (χ1) is 10.4. The molecule has 1 radical (unpaired) electrons. The summed E-state index contributed by atoms with van der Waals surface area (Å²) in [4.78, 5) is 12.0. The Hall–Kier alpha value is -0.406. The molecule has 8 heteroatoms. The Balaban J connectivity index is 0.00000264. The number of nitrogens with zero attached hydrogens (tertiary/aromatic N) is 1. The molecule has 0 saturated heterocycles. The number of alkyl halides is 2. The number of benzene rings is 1. The van der Waals surface area contributed by atoms with Gasteiger partial charge in [0.2, 0.25) is 5.56 Å². The van der Waals surface area contributed by atoms with Crippen LogP contribution in [0.3, 0.4) is 0 Å². The van der Waals surface area contributed by atoms with Crippen molar-refractivity contribution in [2.75, 3.05) is 6.61 Å². The summed E-state index contributed by atoms with van der Waals surface area (Å²) in [6, 6.07) is 8.12. The van der Waals surface area contributed by atoms with Crippen LogP contribution >= 0.6 is 22.6 Å². The Kier molecular flexibility index (Phi) is 8.23. The van der Waals surface area contributed by atoms with E-state index in [9.17, 15) is 18.0 Å². The number of hydrogen-bond acceptors (Lipinski definition) is 2. The third-order valence-electron chi connectivity index (χ3n) is 2.88. The van der Waals surface area contributed by atoms with E-state index in [0.29, 0.717) is 12.4 Å². The van der Waals surface area contributed by atoms with Crippen molar-refractivity contribution >= 4 is 22.6 Å². The van der Waals surface area contributed by atoms with Crippen molar-refractivity contribution in [1.29, 1.82) is 0 Å². The molecule has 0 atom stereocenters. The largest absolute Gasteiger partial charge is 0.494 e. The summed E-state index contributed by atoms with van der Waals surface area (Å²) in [5, 5.41) is 0. The molecule has 1 aromatic carbocycles. The molecule has 0 saturated carbocycles. The quantitative estimate of drug-likeness (QED) is 0.453. The Labute approximate surface area is 170 Å². The first-order valence-corrected chi connectivity index (χ1v) is 7.53. The Morgan fingerprint density at radius 1 is 1.39 bits per heavy atom. The van der Waals surface area contributed by atoms with Gasteiger partial charge in [-0.25, -0.2) is 13.2 Å². The number of hydrogen-bond donors (Lipinski definition) is 0. The van der Waals surface area contributed by atoms with E-state index < -0.39 is 24.3 Å². The average Bonchev–Trinajstić information content (AvgIpc) is 2.45. The van der Waals surface area contributed by atoms with Crippen LogP contribution in [0.4, 0.5) is 13.2 Å². The van der Waals surface area contributed by atoms with E-state index in [2.05, 4.69) is 6.07 Å². The van der Waals surface area contributed by atoms with Crippen LogP contribution in [-0.2, 0) is 39.3 Å². The second kappa shape index (κ2) is 9.17. The van der Waals surface area contributed by atoms with E-state index in [4.69, 9.17) is 4.74 Å². The van der Waals surface area contributed by atoms with Gasteiger partial charge in [0.15, 0.2) is 0 Å². The molecule has 2 aromatic rings. The van der Waals surface area contributed by atoms with Crippen molar-refractivity contribution in [1.82, 2.24) is 4.57 Å². The topological polar surface area (TPSA) is 31.2 Å². The van der Waals surface area contributed by atoms with E-state index in [1.54, 1.807) is 29.5 Å². The Morgan fingerprint density at radius 3 is 2.65 bits per heavy atom. The van der Waals surface area contributed by atoms with Crippen molar-refractivity contribution in [2.45, 2.75) is 19.9 Å². The predicted octanol–water partition coefficient (Wildman–Crippen LogP) is 3.72. The molecule has 0 fully saturated rings. The SMILES string of the molecule is CCOc1ccc(-c2[c-]cc(I)c(=O)n2CC(F)F)c(F)c1.[Y]. The minimum atomic E-state index is -2.73. The van der Waals surface area contributed by atoms with Crippen LogP contribution in [0.1, 0.15) is 6.92 Å². The number of rotatable bonds is 5. The normalized spacial score (nSPS) is 10.5. The van der Waals surface area contributed by atoms with E-state index >= 15 is 0 Å². The van der Waals surface area contributed by atoms with E-state index in [1.807, 2.05) is 0 Å². The van der Waals surface area contributed by atoms with E-state index in [-0.39, 0.29) is 47.5 Å². The molecular weight excluding hydrogens is 499 g/mol. The van der Waals surface area contributed by atoms with Gasteiger partial charge in [0.25, 0.3) is 6.43 Å². The molecule has 0 spiro atoms. The van der Waals surface area contributed by atoms with Crippen molar-refractivity contribution in [2.24, 2.45) is 0 Å². The minimum Gasteiger partial charge on any atom is -0.494 e. The van der Waals surface area contributed by atoms with Gasteiger partial charge in [0.05, 0.1) is 19.0 Å². The van der Waals surface area contributed by atoms with Crippen molar-refractivity contribution in [3.05, 3.63) is 50.1 Å². The minimum absolute atomic E-state index is 0. The van der Waals surface area contributed by atoms with Gasteiger partial charge in [-0.15, -0.1) is 28.7 Å². The van der Waals surface area contributed by atoms with Gasteiger partial charge in [0.1, 0.15) is 5.75 Å². The predicted molar refractivity (Wildman–Crippen MR) is 84.8 cm³/mol. The number of aromatic nitrogens is 1. The summed E-state index contributed by atoms with van der Waals surface area (Å²) in [7, 11) is 0. The molecular formula is C15H12F3INO2Y-. The molecule has 0 N–H and O–H groups in total. The van der Waals surface area contributed by atoms with Gasteiger partial charge in [-0.1, -0.05) is 11.3 Å². The van der Waals surface area contributed by atoms with Crippen LogP contribution in [0.5, 0.6) is 5.75 Å². The summed E-state index contributed by atoms with van der Waals surface area (Å²) < 4.78 is 45.9. The zero-order chi connectivity index (χ0) is 16.3. The van der Waals surface area contributed by atoms with Gasteiger partial charge >= 0.3 is 0 Å². The van der Waals surface area contributed by atoms with Crippen LogP contribution < -0.4 is 10.3 Å². The molecule has 23 heavy (non-hydrogen) atoms. The molecule has 0 bridgehead atoms. The summed E-state index contributed by atoms with van der Waals surface area (Å²) in [5.41, 5.74) is -0.577. The zero-order valence-corrected chi connectivity index (χ0v) is 17.1. The average molecular weight is 511 g/mol. The van der Waals surface area contributed by atoms with Crippen molar-refractivity contribution in [3.8, 4) is 17.0 Å². The van der Waals surface area contributed by atoms with E-state index in [1.165, 1.54) is 18.2 Å². The van der Waals surface area contributed by atoms with Gasteiger partial charge in [-0.2, -0.15) is 12.1 Å². The van der Waals surface area contributed by atoms with Gasteiger partial charge in [0, 0.05) is 38.8 Å². The fraction of sp³-hybridized carbons (Fsp3) is 0.267. The van der Waals surface area contributed by atoms with E-state index in [0.717, 1.165) is 10.6 Å². The van der Waals surface area contributed by atoms with Crippen LogP contribution in [0, 0.1) is 15.5 Å². The maximum Gasteiger partial charge on any atom is 0.256 e. The van der Waals surface area contributed by atoms with Gasteiger partial charge < -0.3 is 9.30 Å². The number of halogens is 4. The van der Waals surface area contributed by atoms with Crippen LogP contribution in [0.25, 0.3) is 11.3 Å². The fourth-order valence-corrected chi connectivity index (χ4v) is 2.43. The molecule has 3 nitrogen and oxygen atoms in total. The summed E-state index contributed by atoms with van der Waals surface area (Å²) >= 11 is 1.73. The molecule has 0 unspecified atom stereocenters. The summed E-state index contributed by atoms with van der Waals surface area (Å²) in [6.45, 7) is 1.33. The molecule has 0 aliphatic heterocycles. The standard InChI is InChI=1S/C15H12F3INO2.Y/c1-2-22-9-3-4-10(11(16)7-9)13-6-5-12(19)15(21)20(13)8-14(17)18;/h3-5,7,14H,2,8H2,1H3;/q-1;. The van der Waals surface area contributed by atoms with Crippen LogP contribution in [-0.4, -0.2) is 17.6 Å². The van der Waals surface area contributed by atoms with Crippen LogP contribution in [0.2, 0.25) is 0 Å². The summed E-state index contributed by atoms with van der Waals surface area (Å²) in [6.07, 6.45) is -2.73. The zero-order valence-electron chi connectivity index (χ0n) is 12.2. The number of ether oxygens (including phenoxy) is 1. The molecule has 1 heterocycles. The van der Waals surface area contributed by atoms with Gasteiger partial charge in [-0.05, 0) is 16.6 Å². The molecule has 0 amide bonds. The maximum atomic E-state index is 14.2. The Bertz CT molecular complexity index is 737. The maximum absolute atomic E-state index is 14.2. The molecule has 2 rings (SSSR count). The first kappa shape index (κ1) is 20.6. The van der Waals surface area contributed by atoms with Crippen LogP contribution in [0.15, 0.2) is 29.1 Å². The molecule has 121 valence electrons. The second-order valence-electron chi connectivity index (χ2n) is 4.37. The molecule has 1 aromatic heterocycles.